The van der Waals surface area contributed by atoms with Gasteiger partial charge in [0.05, 0.1) is 10.5 Å². The fourth-order valence-corrected chi connectivity index (χ4v) is 2.94. The summed E-state index contributed by atoms with van der Waals surface area (Å²) >= 11 is 1.31. The average molecular weight is 290 g/mol. The molecule has 0 spiro atoms. The minimum Gasteiger partial charge on any atom is -0.325 e. The molecule has 0 amide bonds. The van der Waals surface area contributed by atoms with Gasteiger partial charge in [-0.2, -0.15) is 0 Å². The molecule has 18 heavy (non-hydrogen) atoms. The van der Waals surface area contributed by atoms with E-state index in [1.165, 1.54) is 11.3 Å². The summed E-state index contributed by atoms with van der Waals surface area (Å²) in [5.41, 5.74) is 5.71. The Labute approximate surface area is 111 Å². The topological polar surface area (TPSA) is 90.1 Å². The Bertz CT molecular complexity index is 527. The Kier molecular flexibility index (Phi) is 4.63. The zero-order valence-electron chi connectivity index (χ0n) is 10.8. The zero-order chi connectivity index (χ0) is 14.0. The predicted octanol–water partition coefficient (Wildman–Crippen LogP) is 1.39. The van der Waals surface area contributed by atoms with Gasteiger partial charge in [0.15, 0.2) is 15.6 Å². The lowest BCUT2D eigenvalue weighted by molar-refractivity contribution is 0.0984. The molecule has 0 saturated heterocycles. The molecule has 0 aliphatic rings. The minimum atomic E-state index is -3.27. The van der Waals surface area contributed by atoms with Gasteiger partial charge in [0.2, 0.25) is 0 Å². The molecule has 0 unspecified atom stereocenters. The number of hydrogen-bond donors (Lipinski definition) is 1. The summed E-state index contributed by atoms with van der Waals surface area (Å²) in [5.74, 6) is -0.399. The van der Waals surface area contributed by atoms with Gasteiger partial charge >= 0.3 is 0 Å². The normalized spacial score (nSPS) is 12.7. The van der Waals surface area contributed by atoms with E-state index in [1.54, 1.807) is 26.2 Å². The van der Waals surface area contributed by atoms with E-state index in [1.807, 2.05) is 0 Å². The van der Waals surface area contributed by atoms with E-state index >= 15 is 0 Å². The van der Waals surface area contributed by atoms with Crippen LogP contribution >= 0.6 is 11.3 Å². The SMILES string of the molecule is CC(C)(C)S(=O)(=O)CCC(=O)c1csc(CN)n1. The Balaban J connectivity index is 2.68. The molecule has 0 bridgehead atoms. The lowest BCUT2D eigenvalue weighted by atomic mass is 10.2. The van der Waals surface area contributed by atoms with Crippen LogP contribution in [0.2, 0.25) is 0 Å². The highest BCUT2D eigenvalue weighted by Crippen LogP contribution is 2.18. The van der Waals surface area contributed by atoms with Gasteiger partial charge in [-0.25, -0.2) is 13.4 Å². The van der Waals surface area contributed by atoms with Gasteiger partial charge in [-0.15, -0.1) is 11.3 Å². The van der Waals surface area contributed by atoms with Gasteiger partial charge in [0.1, 0.15) is 10.7 Å². The third-order valence-corrected chi connectivity index (χ3v) is 6.02. The van der Waals surface area contributed by atoms with Crippen molar-refractivity contribution in [2.24, 2.45) is 5.73 Å². The highest BCUT2D eigenvalue weighted by Gasteiger charge is 2.29. The van der Waals surface area contributed by atoms with Crippen LogP contribution in [-0.2, 0) is 16.4 Å². The summed E-state index contributed by atoms with van der Waals surface area (Å²) in [4.78, 5) is 15.8. The molecule has 0 aliphatic heterocycles. The van der Waals surface area contributed by atoms with Gasteiger partial charge < -0.3 is 5.73 Å². The van der Waals surface area contributed by atoms with Gasteiger partial charge in [0.25, 0.3) is 0 Å². The summed E-state index contributed by atoms with van der Waals surface area (Å²) in [6.07, 6.45) is -0.0344. The molecule has 1 rings (SSSR count). The van der Waals surface area contributed by atoms with Crippen LogP contribution in [0.15, 0.2) is 5.38 Å². The number of Topliss-reactive ketones (excluding diaryl/α,β-unsaturated/α-hetero) is 1. The number of nitrogens with two attached hydrogens (primary N) is 1. The van der Waals surface area contributed by atoms with Crippen molar-refractivity contribution >= 4 is 27.0 Å². The van der Waals surface area contributed by atoms with E-state index in [2.05, 4.69) is 4.98 Å². The molecule has 0 saturated carbocycles. The van der Waals surface area contributed by atoms with Crippen molar-refractivity contribution in [1.29, 1.82) is 0 Å². The van der Waals surface area contributed by atoms with Crippen LogP contribution in [0.25, 0.3) is 0 Å². The van der Waals surface area contributed by atoms with E-state index in [4.69, 9.17) is 5.73 Å². The van der Waals surface area contributed by atoms with E-state index in [-0.39, 0.29) is 24.5 Å². The second-order valence-corrected chi connectivity index (χ2v) is 8.74. The van der Waals surface area contributed by atoms with Crippen LogP contribution in [0.4, 0.5) is 0 Å². The molecule has 1 aromatic heterocycles. The first-order chi connectivity index (χ1) is 8.17. The summed E-state index contributed by atoms with van der Waals surface area (Å²) in [5, 5.41) is 2.30. The average Bonchev–Trinajstić information content (AvgIpc) is 2.73. The van der Waals surface area contributed by atoms with Crippen molar-refractivity contribution in [3.05, 3.63) is 16.1 Å². The Morgan fingerprint density at radius 1 is 1.44 bits per heavy atom. The molecule has 0 fully saturated rings. The number of nitrogens with zero attached hydrogens (tertiary/aromatic N) is 1. The van der Waals surface area contributed by atoms with E-state index in [9.17, 15) is 13.2 Å². The van der Waals surface area contributed by atoms with E-state index in [0.29, 0.717) is 10.7 Å². The smallest absolute Gasteiger partial charge is 0.183 e. The molecule has 0 aromatic carbocycles. The summed E-state index contributed by atoms with van der Waals surface area (Å²) in [6, 6.07) is 0. The maximum Gasteiger partial charge on any atom is 0.183 e. The number of thiazole rings is 1. The van der Waals surface area contributed by atoms with Crippen molar-refractivity contribution < 1.29 is 13.2 Å². The van der Waals surface area contributed by atoms with Gasteiger partial charge in [-0.3, -0.25) is 4.79 Å². The molecule has 5 nitrogen and oxygen atoms in total. The number of rotatable bonds is 5. The summed E-state index contributed by atoms with van der Waals surface area (Å²) in [7, 11) is -3.27. The van der Waals surface area contributed by atoms with Gasteiger partial charge in [0, 0.05) is 18.3 Å². The Morgan fingerprint density at radius 2 is 2.06 bits per heavy atom. The van der Waals surface area contributed by atoms with Crippen molar-refractivity contribution in [3.8, 4) is 0 Å². The molecular formula is C11H18N2O3S2. The zero-order valence-corrected chi connectivity index (χ0v) is 12.4. The standard InChI is InChI=1S/C11H18N2O3S2/c1-11(2,3)18(15,16)5-4-9(14)8-7-17-10(6-12)13-8/h7H,4-6,12H2,1-3H3. The van der Waals surface area contributed by atoms with Crippen molar-refractivity contribution in [2.75, 3.05) is 5.75 Å². The lowest BCUT2D eigenvalue weighted by Gasteiger charge is -2.18. The monoisotopic (exact) mass is 290 g/mol. The van der Waals surface area contributed by atoms with Gasteiger partial charge in [-0.05, 0) is 20.8 Å². The largest absolute Gasteiger partial charge is 0.325 e. The molecule has 2 N–H and O–H groups in total. The Morgan fingerprint density at radius 3 is 2.50 bits per heavy atom. The molecule has 0 atom stereocenters. The maximum atomic E-state index is 11.9. The third-order valence-electron chi connectivity index (χ3n) is 2.54. The van der Waals surface area contributed by atoms with Crippen molar-refractivity contribution in [3.63, 3.8) is 0 Å². The van der Waals surface area contributed by atoms with E-state index < -0.39 is 14.6 Å². The molecule has 7 heteroatoms. The molecule has 102 valence electrons. The van der Waals surface area contributed by atoms with Crippen LogP contribution in [0.5, 0.6) is 0 Å². The van der Waals surface area contributed by atoms with Crippen LogP contribution in [0.3, 0.4) is 0 Å². The van der Waals surface area contributed by atoms with E-state index in [0.717, 1.165) is 0 Å². The third kappa shape index (κ3) is 3.60. The van der Waals surface area contributed by atoms with Crippen LogP contribution < -0.4 is 5.73 Å². The molecular weight excluding hydrogens is 272 g/mol. The Hall–Kier alpha value is -0.790. The van der Waals surface area contributed by atoms with Gasteiger partial charge in [-0.1, -0.05) is 0 Å². The molecule has 0 radical (unpaired) electrons. The number of aromatic nitrogens is 1. The number of sulfone groups is 1. The first-order valence-corrected chi connectivity index (χ1v) is 8.10. The summed E-state index contributed by atoms with van der Waals surface area (Å²) < 4.78 is 22.9. The van der Waals surface area contributed by atoms with Crippen LogP contribution in [0, 0.1) is 0 Å². The first-order valence-electron chi connectivity index (χ1n) is 5.57. The second-order valence-electron chi connectivity index (χ2n) is 4.94. The highest BCUT2D eigenvalue weighted by atomic mass is 32.2. The van der Waals surface area contributed by atoms with Crippen molar-refractivity contribution in [1.82, 2.24) is 4.98 Å². The quantitative estimate of drug-likeness (QED) is 0.828. The first kappa shape index (κ1) is 15.3. The second kappa shape index (κ2) is 5.46. The molecule has 1 heterocycles. The van der Waals surface area contributed by atoms with Crippen molar-refractivity contribution in [2.45, 2.75) is 38.5 Å². The minimum absolute atomic E-state index is 0.0344. The number of carbonyl (C=O) groups is 1. The molecule has 0 aliphatic carbocycles. The fourth-order valence-electron chi connectivity index (χ4n) is 1.19. The van der Waals surface area contributed by atoms with Crippen LogP contribution in [0.1, 0.15) is 42.7 Å². The summed E-state index contributed by atoms with van der Waals surface area (Å²) in [6.45, 7) is 5.17. The highest BCUT2D eigenvalue weighted by molar-refractivity contribution is 7.92. The number of carbonyl (C=O) groups excluding carboxylic acids is 1. The maximum absolute atomic E-state index is 11.9. The molecule has 1 aromatic rings. The number of ketones is 1. The predicted molar refractivity (Wildman–Crippen MR) is 72.5 cm³/mol. The lowest BCUT2D eigenvalue weighted by Crippen LogP contribution is -2.31. The fraction of sp³-hybridized carbons (Fsp3) is 0.636. The number of hydrogen-bond acceptors (Lipinski definition) is 6. The van der Waals surface area contributed by atoms with Crippen LogP contribution in [-0.4, -0.2) is 29.7 Å².